The molecule has 6 rings (SSSR count). The molecule has 1 unspecified atom stereocenters. The first kappa shape index (κ1) is 17.0. The van der Waals surface area contributed by atoms with Crippen LogP contribution in [0.4, 0.5) is 8.78 Å². The first-order chi connectivity index (χ1) is 13.4. The van der Waals surface area contributed by atoms with Crippen LogP contribution < -0.4 is 0 Å². The van der Waals surface area contributed by atoms with E-state index in [1.54, 1.807) is 17.1 Å². The Morgan fingerprint density at radius 2 is 1.96 bits per heavy atom. The van der Waals surface area contributed by atoms with E-state index in [0.29, 0.717) is 24.1 Å². The monoisotopic (exact) mass is 381 g/mol. The minimum atomic E-state index is -0.658. The third-order valence-electron chi connectivity index (χ3n) is 6.16. The number of hydrogen-bond donors (Lipinski definition) is 0. The van der Waals surface area contributed by atoms with Gasteiger partial charge in [0.1, 0.15) is 17.7 Å². The number of carbonyl (C=O) groups excluding carboxylic acids is 1. The van der Waals surface area contributed by atoms with Gasteiger partial charge in [-0.25, -0.2) is 13.8 Å². The van der Waals surface area contributed by atoms with Crippen LogP contribution in [0.15, 0.2) is 35.7 Å². The number of halogens is 2. The van der Waals surface area contributed by atoms with E-state index < -0.39 is 23.1 Å². The second-order valence-corrected chi connectivity index (χ2v) is 8.25. The Bertz CT molecular complexity index is 1010. The van der Waals surface area contributed by atoms with Crippen molar-refractivity contribution in [1.82, 2.24) is 14.8 Å². The maximum atomic E-state index is 13.6. The van der Waals surface area contributed by atoms with E-state index >= 15 is 0 Å². The van der Waals surface area contributed by atoms with Crippen molar-refractivity contribution in [2.45, 2.75) is 38.3 Å². The van der Waals surface area contributed by atoms with Gasteiger partial charge >= 0.3 is 0 Å². The summed E-state index contributed by atoms with van der Waals surface area (Å²) < 4.78 is 29.0. The topological polar surface area (TPSA) is 74.3 Å². The van der Waals surface area contributed by atoms with Crippen LogP contribution in [0.2, 0.25) is 0 Å². The molecular formula is C20H17F2N5O. The van der Waals surface area contributed by atoms with Gasteiger partial charge in [0.2, 0.25) is 5.91 Å². The summed E-state index contributed by atoms with van der Waals surface area (Å²) >= 11 is 0. The molecule has 2 bridgehead atoms. The predicted octanol–water partition coefficient (Wildman–Crippen LogP) is 3.16. The van der Waals surface area contributed by atoms with E-state index in [-0.39, 0.29) is 11.3 Å². The molecule has 4 aliphatic rings. The van der Waals surface area contributed by atoms with Gasteiger partial charge in [-0.1, -0.05) is 0 Å². The molecule has 0 saturated heterocycles. The molecule has 0 N–H and O–H groups in total. The summed E-state index contributed by atoms with van der Waals surface area (Å²) in [5.41, 5.74) is 0.550. The molecular weight excluding hydrogens is 364 g/mol. The van der Waals surface area contributed by atoms with Crippen molar-refractivity contribution < 1.29 is 13.6 Å². The summed E-state index contributed by atoms with van der Waals surface area (Å²) in [4.78, 5) is 13.1. The zero-order valence-corrected chi connectivity index (χ0v) is 15.0. The predicted molar refractivity (Wildman–Crippen MR) is 94.7 cm³/mol. The number of nitriles is 1. The fourth-order valence-electron chi connectivity index (χ4n) is 5.14. The molecule has 1 aromatic heterocycles. The first-order valence-electron chi connectivity index (χ1n) is 9.17. The molecule has 1 aliphatic heterocycles. The van der Waals surface area contributed by atoms with E-state index in [9.17, 15) is 13.6 Å². The van der Waals surface area contributed by atoms with Crippen LogP contribution in [0.1, 0.15) is 42.9 Å². The molecule has 0 radical (unpaired) electrons. The Balaban J connectivity index is 1.29. The molecule has 28 heavy (non-hydrogen) atoms. The van der Waals surface area contributed by atoms with E-state index in [1.807, 2.05) is 0 Å². The third kappa shape index (κ3) is 2.46. The molecule has 3 fully saturated rings. The fraction of sp³-hybridized carbons (Fsp3) is 0.400. The van der Waals surface area contributed by atoms with Crippen LogP contribution in [0.25, 0.3) is 0 Å². The van der Waals surface area contributed by atoms with Gasteiger partial charge in [0, 0.05) is 31.4 Å². The minimum Gasteiger partial charge on any atom is -0.272 e. The van der Waals surface area contributed by atoms with Gasteiger partial charge in [-0.2, -0.15) is 15.5 Å². The molecule has 3 saturated carbocycles. The molecule has 0 spiro atoms. The highest BCUT2D eigenvalue weighted by Crippen LogP contribution is 2.74. The fourth-order valence-corrected chi connectivity index (χ4v) is 5.14. The molecule has 2 aromatic rings. The van der Waals surface area contributed by atoms with Crippen LogP contribution >= 0.6 is 0 Å². The SMILES string of the molecule is N#Cc1cnn(CC23CC(C(=O)N4N=CCC4c4cc(F)cc(F)c4)(C2)C3)c1. The lowest BCUT2D eigenvalue weighted by Gasteiger charge is -2.69. The number of benzene rings is 1. The number of nitrogens with zero attached hydrogens (tertiary/aromatic N) is 5. The van der Waals surface area contributed by atoms with Gasteiger partial charge in [-0.05, 0) is 42.4 Å². The molecule has 2 heterocycles. The lowest BCUT2D eigenvalue weighted by molar-refractivity contribution is -0.223. The van der Waals surface area contributed by atoms with Gasteiger partial charge in [0.15, 0.2) is 0 Å². The molecule has 142 valence electrons. The van der Waals surface area contributed by atoms with Crippen molar-refractivity contribution in [3.8, 4) is 6.07 Å². The van der Waals surface area contributed by atoms with Crippen LogP contribution in [-0.4, -0.2) is 26.9 Å². The highest BCUT2D eigenvalue weighted by molar-refractivity contribution is 5.88. The van der Waals surface area contributed by atoms with Crippen molar-refractivity contribution in [2.24, 2.45) is 15.9 Å². The van der Waals surface area contributed by atoms with Crippen LogP contribution in [-0.2, 0) is 11.3 Å². The zero-order valence-electron chi connectivity index (χ0n) is 15.0. The van der Waals surface area contributed by atoms with E-state index in [1.165, 1.54) is 23.3 Å². The van der Waals surface area contributed by atoms with E-state index in [4.69, 9.17) is 5.26 Å². The molecule has 1 aromatic carbocycles. The van der Waals surface area contributed by atoms with Gasteiger partial charge in [-0.15, -0.1) is 0 Å². The van der Waals surface area contributed by atoms with Crippen LogP contribution in [0.3, 0.4) is 0 Å². The number of hydrogen-bond acceptors (Lipinski definition) is 4. The van der Waals surface area contributed by atoms with E-state index in [0.717, 1.165) is 25.3 Å². The summed E-state index contributed by atoms with van der Waals surface area (Å²) in [6.07, 6.45) is 7.56. The second-order valence-electron chi connectivity index (χ2n) is 8.25. The Hall–Kier alpha value is -3.08. The average molecular weight is 381 g/mol. The maximum Gasteiger partial charge on any atom is 0.249 e. The standard InChI is InChI=1S/C20H17F2N5O/c21-15-3-14(4-16(22)5-15)17-1-2-24-27(17)18(28)20-9-19(10-20,11-20)12-26-8-13(6-23)7-25-26/h2-5,7-8,17H,1,9-12H2. The number of rotatable bonds is 4. The van der Waals surface area contributed by atoms with Crippen molar-refractivity contribution in [2.75, 3.05) is 0 Å². The Labute approximate surface area is 160 Å². The summed E-state index contributed by atoms with van der Waals surface area (Å²) in [7, 11) is 0. The highest BCUT2D eigenvalue weighted by Gasteiger charge is 2.72. The number of amides is 1. The Morgan fingerprint density at radius 1 is 1.25 bits per heavy atom. The van der Waals surface area contributed by atoms with Gasteiger partial charge in [-0.3, -0.25) is 9.48 Å². The maximum absolute atomic E-state index is 13.6. The van der Waals surface area contributed by atoms with Gasteiger partial charge < -0.3 is 0 Å². The van der Waals surface area contributed by atoms with Gasteiger partial charge in [0.25, 0.3) is 0 Å². The molecule has 1 amide bonds. The largest absolute Gasteiger partial charge is 0.272 e. The number of hydrazone groups is 1. The van der Waals surface area contributed by atoms with Crippen LogP contribution in [0.5, 0.6) is 0 Å². The van der Waals surface area contributed by atoms with E-state index in [2.05, 4.69) is 16.3 Å². The molecule has 8 heteroatoms. The first-order valence-corrected chi connectivity index (χ1v) is 9.17. The second kappa shape index (κ2) is 5.71. The zero-order chi connectivity index (χ0) is 19.5. The Kier molecular flexibility index (Phi) is 3.48. The lowest BCUT2D eigenvalue weighted by Crippen LogP contribution is -2.68. The Morgan fingerprint density at radius 3 is 2.61 bits per heavy atom. The number of carbonyl (C=O) groups is 1. The summed E-state index contributed by atoms with van der Waals surface area (Å²) in [5, 5.41) is 18.7. The van der Waals surface area contributed by atoms with Gasteiger partial charge in [0.05, 0.1) is 23.2 Å². The van der Waals surface area contributed by atoms with Crippen molar-refractivity contribution >= 4 is 12.1 Å². The summed E-state index contributed by atoms with van der Waals surface area (Å²) in [6, 6.07) is 4.94. The quantitative estimate of drug-likeness (QED) is 0.817. The average Bonchev–Trinajstić information content (AvgIpc) is 3.24. The highest BCUT2D eigenvalue weighted by atomic mass is 19.1. The molecule has 1 atom stereocenters. The van der Waals surface area contributed by atoms with Crippen molar-refractivity contribution in [3.05, 3.63) is 53.4 Å². The van der Waals surface area contributed by atoms with Crippen molar-refractivity contribution in [3.63, 3.8) is 0 Å². The molecule has 3 aliphatic carbocycles. The minimum absolute atomic E-state index is 0.0400. The summed E-state index contributed by atoms with van der Waals surface area (Å²) in [5.74, 6) is -1.39. The lowest BCUT2D eigenvalue weighted by atomic mass is 9.34. The van der Waals surface area contributed by atoms with Crippen LogP contribution in [0, 0.1) is 33.8 Å². The molecule has 6 nitrogen and oxygen atoms in total. The third-order valence-corrected chi connectivity index (χ3v) is 6.16. The van der Waals surface area contributed by atoms with Crippen molar-refractivity contribution in [1.29, 1.82) is 5.26 Å². The summed E-state index contributed by atoms with van der Waals surface area (Å²) in [6.45, 7) is 0.686. The smallest absolute Gasteiger partial charge is 0.249 e. The normalized spacial score (nSPS) is 29.9. The number of aromatic nitrogens is 2.